The third-order valence-corrected chi connectivity index (χ3v) is 6.45. The van der Waals surface area contributed by atoms with Gasteiger partial charge >= 0.3 is 11.9 Å². The molecule has 5 rings (SSSR count). The van der Waals surface area contributed by atoms with Gasteiger partial charge in [-0.2, -0.15) is 5.10 Å². The number of carbonyl (C=O) groups excluding carboxylic acids is 3. The Morgan fingerprint density at radius 1 is 0.767 bits per heavy atom. The third-order valence-electron chi connectivity index (χ3n) is 6.45. The van der Waals surface area contributed by atoms with Gasteiger partial charge in [0.15, 0.2) is 11.5 Å². The van der Waals surface area contributed by atoms with Crippen LogP contribution in [0.1, 0.15) is 33.3 Å². The molecule has 0 aliphatic rings. The third kappa shape index (κ3) is 6.23. The summed E-state index contributed by atoms with van der Waals surface area (Å²) < 4.78 is 21.4. The minimum absolute atomic E-state index is 0.176. The van der Waals surface area contributed by atoms with E-state index in [-0.39, 0.29) is 22.8 Å². The first kappa shape index (κ1) is 28.6. The number of benzene rings is 4. The lowest BCUT2D eigenvalue weighted by Gasteiger charge is -2.11. The van der Waals surface area contributed by atoms with Crippen LogP contribution in [0.15, 0.2) is 96.1 Å². The van der Waals surface area contributed by atoms with Crippen LogP contribution in [0, 0.1) is 0 Å². The van der Waals surface area contributed by atoms with Crippen LogP contribution in [0.3, 0.4) is 0 Å². The predicted molar refractivity (Wildman–Crippen MR) is 161 cm³/mol. The molecule has 0 aliphatic heterocycles. The average molecular weight is 578 g/mol. The quantitative estimate of drug-likeness (QED) is 0.0986. The highest BCUT2D eigenvalue weighted by Gasteiger charge is 2.21. The Bertz CT molecular complexity index is 1840. The number of amides is 1. The lowest BCUT2D eigenvalue weighted by atomic mass is 10.0. The summed E-state index contributed by atoms with van der Waals surface area (Å²) in [5, 5.41) is 4.97. The first-order chi connectivity index (χ1) is 20.9. The van der Waals surface area contributed by atoms with Crippen LogP contribution in [0.25, 0.3) is 22.0 Å². The number of hydrazone groups is 1. The standard InChI is InChI=1S/C33H27N3O7/c1-20(37)42-26-17-16-22(18-28(26)41-3)33(39)43-25-14-8-7-12-23(25)19-34-36-32(38)31-29(21-10-5-4-6-11-21)24-13-9-15-27(40-2)30(24)35-31/h4-19,35H,1-3H3,(H,36,38). The van der Waals surface area contributed by atoms with E-state index in [0.717, 1.165) is 10.9 Å². The van der Waals surface area contributed by atoms with Gasteiger partial charge in [-0.05, 0) is 42.0 Å². The maximum atomic E-state index is 13.4. The number of carbonyl (C=O) groups is 3. The number of nitrogens with zero attached hydrogens (tertiary/aromatic N) is 1. The minimum Gasteiger partial charge on any atom is -0.495 e. The lowest BCUT2D eigenvalue weighted by molar-refractivity contribution is -0.132. The fourth-order valence-electron chi connectivity index (χ4n) is 4.52. The van der Waals surface area contributed by atoms with Crippen molar-refractivity contribution < 1.29 is 33.3 Å². The number of hydrogen-bond acceptors (Lipinski definition) is 8. The van der Waals surface area contributed by atoms with E-state index in [1.165, 1.54) is 38.4 Å². The topological polar surface area (TPSA) is 128 Å². The van der Waals surface area contributed by atoms with Gasteiger partial charge in [-0.1, -0.05) is 54.6 Å². The summed E-state index contributed by atoms with van der Waals surface area (Å²) in [6.45, 7) is 1.27. The summed E-state index contributed by atoms with van der Waals surface area (Å²) in [5.74, 6) is -0.458. The smallest absolute Gasteiger partial charge is 0.343 e. The highest BCUT2D eigenvalue weighted by atomic mass is 16.6. The summed E-state index contributed by atoms with van der Waals surface area (Å²) in [6, 6.07) is 26.2. The van der Waals surface area contributed by atoms with Crippen LogP contribution < -0.4 is 24.4 Å². The molecular weight excluding hydrogens is 550 g/mol. The van der Waals surface area contributed by atoms with E-state index in [1.807, 2.05) is 48.5 Å². The van der Waals surface area contributed by atoms with Crippen LogP contribution in [0.5, 0.6) is 23.0 Å². The molecule has 0 radical (unpaired) electrons. The second kappa shape index (κ2) is 12.7. The van der Waals surface area contributed by atoms with Gasteiger partial charge in [-0.3, -0.25) is 9.59 Å². The SMILES string of the molecule is COc1cc(C(=O)Oc2ccccc2C=NNC(=O)c2[nH]c3c(OC)cccc3c2-c2ccccc2)ccc1OC(C)=O. The molecule has 0 saturated carbocycles. The Hall–Kier alpha value is -5.90. The maximum Gasteiger partial charge on any atom is 0.343 e. The molecule has 2 N–H and O–H groups in total. The molecule has 0 aliphatic carbocycles. The molecule has 0 unspecified atom stereocenters. The number of esters is 2. The van der Waals surface area contributed by atoms with Gasteiger partial charge in [0.05, 0.1) is 31.5 Å². The van der Waals surface area contributed by atoms with Gasteiger partial charge < -0.3 is 23.9 Å². The molecule has 0 spiro atoms. The number of aromatic amines is 1. The average Bonchev–Trinajstić information content (AvgIpc) is 3.42. The van der Waals surface area contributed by atoms with Crippen molar-refractivity contribution in [2.24, 2.45) is 5.10 Å². The number of hydrogen-bond donors (Lipinski definition) is 2. The summed E-state index contributed by atoms with van der Waals surface area (Å²) in [5.41, 5.74) is 5.76. The van der Waals surface area contributed by atoms with Crippen molar-refractivity contribution in [3.05, 3.63) is 108 Å². The zero-order valence-electron chi connectivity index (χ0n) is 23.5. The number of H-pyrrole nitrogens is 1. The van der Waals surface area contributed by atoms with Gasteiger partial charge in [0.1, 0.15) is 17.2 Å². The number of ether oxygens (including phenoxy) is 4. The normalized spacial score (nSPS) is 10.9. The molecule has 216 valence electrons. The Morgan fingerprint density at radius 3 is 2.23 bits per heavy atom. The largest absolute Gasteiger partial charge is 0.495 e. The van der Waals surface area contributed by atoms with Crippen molar-refractivity contribution in [2.45, 2.75) is 6.92 Å². The first-order valence-electron chi connectivity index (χ1n) is 13.1. The number of fused-ring (bicyclic) bond motifs is 1. The molecule has 1 heterocycles. The van der Waals surface area contributed by atoms with Crippen molar-refractivity contribution in [3.8, 4) is 34.1 Å². The predicted octanol–water partition coefficient (Wildman–Crippen LogP) is 5.76. The number of rotatable bonds is 9. The fraction of sp³-hybridized carbons (Fsp3) is 0.0909. The molecule has 10 nitrogen and oxygen atoms in total. The molecule has 4 aromatic carbocycles. The van der Waals surface area contributed by atoms with E-state index in [2.05, 4.69) is 15.5 Å². The molecule has 0 atom stereocenters. The second-order valence-corrected chi connectivity index (χ2v) is 9.21. The molecule has 1 aromatic heterocycles. The van der Waals surface area contributed by atoms with Gasteiger partial charge in [-0.15, -0.1) is 0 Å². The Kier molecular flexibility index (Phi) is 8.48. The van der Waals surface area contributed by atoms with Crippen LogP contribution >= 0.6 is 0 Å². The molecule has 0 saturated heterocycles. The molecule has 0 bridgehead atoms. The number of aromatic nitrogens is 1. The summed E-state index contributed by atoms with van der Waals surface area (Å²) in [6.07, 6.45) is 1.39. The van der Waals surface area contributed by atoms with E-state index in [4.69, 9.17) is 18.9 Å². The highest BCUT2D eigenvalue weighted by molar-refractivity contribution is 6.11. The molecule has 0 fully saturated rings. The molecular formula is C33H27N3O7. The molecule has 5 aromatic rings. The van der Waals surface area contributed by atoms with Crippen molar-refractivity contribution in [3.63, 3.8) is 0 Å². The zero-order chi connectivity index (χ0) is 30.3. The number of methoxy groups -OCH3 is 2. The van der Waals surface area contributed by atoms with Crippen molar-refractivity contribution in [1.82, 2.24) is 10.4 Å². The first-order valence-corrected chi connectivity index (χ1v) is 13.1. The van der Waals surface area contributed by atoms with E-state index in [1.54, 1.807) is 31.4 Å². The van der Waals surface area contributed by atoms with E-state index in [9.17, 15) is 14.4 Å². The summed E-state index contributed by atoms with van der Waals surface area (Å²) in [7, 11) is 2.97. The summed E-state index contributed by atoms with van der Waals surface area (Å²) >= 11 is 0. The van der Waals surface area contributed by atoms with E-state index < -0.39 is 17.8 Å². The Labute approximate surface area is 246 Å². The van der Waals surface area contributed by atoms with Crippen molar-refractivity contribution in [1.29, 1.82) is 0 Å². The second-order valence-electron chi connectivity index (χ2n) is 9.21. The van der Waals surface area contributed by atoms with Crippen LogP contribution in [-0.4, -0.2) is 43.3 Å². The zero-order valence-corrected chi connectivity index (χ0v) is 23.5. The van der Waals surface area contributed by atoms with Gasteiger partial charge in [0.25, 0.3) is 5.91 Å². The van der Waals surface area contributed by atoms with Crippen LogP contribution in [0.2, 0.25) is 0 Å². The van der Waals surface area contributed by atoms with Crippen LogP contribution in [0.4, 0.5) is 0 Å². The van der Waals surface area contributed by atoms with E-state index in [0.29, 0.717) is 28.1 Å². The molecule has 43 heavy (non-hydrogen) atoms. The van der Waals surface area contributed by atoms with Crippen molar-refractivity contribution in [2.75, 3.05) is 14.2 Å². The fourth-order valence-corrected chi connectivity index (χ4v) is 4.52. The van der Waals surface area contributed by atoms with E-state index >= 15 is 0 Å². The van der Waals surface area contributed by atoms with Crippen LogP contribution in [-0.2, 0) is 4.79 Å². The highest BCUT2D eigenvalue weighted by Crippen LogP contribution is 2.36. The number of para-hydroxylation sites is 2. The minimum atomic E-state index is -0.669. The van der Waals surface area contributed by atoms with Crippen molar-refractivity contribution >= 4 is 35.0 Å². The lowest BCUT2D eigenvalue weighted by Crippen LogP contribution is -2.19. The van der Waals surface area contributed by atoms with Gasteiger partial charge in [0.2, 0.25) is 0 Å². The Morgan fingerprint density at radius 2 is 1.49 bits per heavy atom. The van der Waals surface area contributed by atoms with Gasteiger partial charge in [-0.25, -0.2) is 10.2 Å². The maximum absolute atomic E-state index is 13.4. The number of nitrogens with one attached hydrogen (secondary N) is 2. The Balaban J connectivity index is 1.37. The summed E-state index contributed by atoms with van der Waals surface area (Å²) in [4.78, 5) is 40.8. The van der Waals surface area contributed by atoms with Gasteiger partial charge in [0, 0.05) is 23.4 Å². The molecule has 10 heteroatoms. The molecule has 1 amide bonds. The monoisotopic (exact) mass is 577 g/mol.